The van der Waals surface area contributed by atoms with E-state index in [4.69, 9.17) is 0 Å². The molecule has 2 heterocycles. The van der Waals surface area contributed by atoms with Crippen molar-refractivity contribution < 1.29 is 19.8 Å². The van der Waals surface area contributed by atoms with Gasteiger partial charge in [-0.2, -0.15) is 0 Å². The Hall–Kier alpha value is -3.16. The number of rotatable bonds is 7. The number of likely N-dealkylation sites (tertiary alicyclic amines) is 1. The molecule has 4 rings (SSSR count). The molecular formula is C28H35N3O4. The fourth-order valence-electron chi connectivity index (χ4n) is 5.40. The second kappa shape index (κ2) is 11.1. The zero-order valence-electron chi connectivity index (χ0n) is 20.3. The number of phenolic OH excluding ortho intramolecular Hbond substituents is 1. The van der Waals surface area contributed by atoms with E-state index in [1.54, 1.807) is 17.0 Å². The number of carboxylic acid groups (broad SMARTS) is 1. The summed E-state index contributed by atoms with van der Waals surface area (Å²) in [5.74, 6) is -0.995. The summed E-state index contributed by atoms with van der Waals surface area (Å²) in [6.07, 6.45) is 2.90. The lowest BCUT2D eigenvalue weighted by atomic mass is 9.92. The van der Waals surface area contributed by atoms with E-state index in [-0.39, 0.29) is 29.7 Å². The highest BCUT2D eigenvalue weighted by Gasteiger charge is 2.32. The van der Waals surface area contributed by atoms with Crippen molar-refractivity contribution in [1.29, 1.82) is 0 Å². The number of hydrogen-bond acceptors (Lipinski definition) is 5. The van der Waals surface area contributed by atoms with Gasteiger partial charge in [-0.25, -0.2) is 0 Å². The lowest BCUT2D eigenvalue weighted by Gasteiger charge is -2.44. The first kappa shape index (κ1) is 24.9. The minimum atomic E-state index is -0.782. The number of carbonyl (C=O) groups excluding carboxylic acids is 1. The molecule has 0 spiro atoms. The first-order valence-corrected chi connectivity index (χ1v) is 12.4. The Bertz CT molecular complexity index is 1060. The van der Waals surface area contributed by atoms with Crippen molar-refractivity contribution in [1.82, 2.24) is 14.7 Å². The highest BCUT2D eigenvalue weighted by molar-refractivity contribution is 5.94. The summed E-state index contributed by atoms with van der Waals surface area (Å²) in [4.78, 5) is 31.2. The first-order chi connectivity index (χ1) is 16.9. The van der Waals surface area contributed by atoms with Crippen LogP contribution in [0.1, 0.15) is 47.3 Å². The predicted octanol–water partition coefficient (Wildman–Crippen LogP) is 3.61. The molecule has 0 saturated carbocycles. The molecule has 0 radical (unpaired) electrons. The van der Waals surface area contributed by atoms with Crippen molar-refractivity contribution in [2.24, 2.45) is 5.92 Å². The first-order valence-electron chi connectivity index (χ1n) is 12.4. The third-order valence-corrected chi connectivity index (χ3v) is 7.25. The van der Waals surface area contributed by atoms with Crippen LogP contribution >= 0.6 is 0 Å². The highest BCUT2D eigenvalue weighted by Crippen LogP contribution is 2.34. The summed E-state index contributed by atoms with van der Waals surface area (Å²) in [7, 11) is 0. The average molecular weight is 478 g/mol. The topological polar surface area (TPSA) is 84.3 Å². The maximum absolute atomic E-state index is 13.3. The Morgan fingerprint density at radius 1 is 1.06 bits per heavy atom. The molecule has 2 saturated heterocycles. The smallest absolute Gasteiger partial charge is 0.306 e. The van der Waals surface area contributed by atoms with Gasteiger partial charge in [0.2, 0.25) is 0 Å². The Morgan fingerprint density at radius 2 is 1.74 bits per heavy atom. The maximum Gasteiger partial charge on any atom is 0.306 e. The molecule has 0 bridgehead atoms. The average Bonchev–Trinajstić information content (AvgIpc) is 2.85. The molecule has 2 aromatic carbocycles. The minimum absolute atomic E-state index is 0.0609. The quantitative estimate of drug-likeness (QED) is 0.593. The summed E-state index contributed by atoms with van der Waals surface area (Å²) >= 11 is 0. The van der Waals surface area contributed by atoms with E-state index in [1.807, 2.05) is 42.5 Å². The van der Waals surface area contributed by atoms with Crippen molar-refractivity contribution in [2.75, 3.05) is 39.3 Å². The van der Waals surface area contributed by atoms with Gasteiger partial charge in [0, 0.05) is 50.9 Å². The van der Waals surface area contributed by atoms with Gasteiger partial charge in [0.05, 0.1) is 12.0 Å². The molecule has 0 aromatic heterocycles. The lowest BCUT2D eigenvalue weighted by molar-refractivity contribution is -0.143. The standard InChI is InChI=1S/C28H35N3O4/c1-3-12-29-15-16-31(20(2)19-29)26(23-7-5-9-25(32)18-23)22-6-4-8-24(17-22)27(33)30-13-10-21(11-14-30)28(34)35/h3-9,17-18,20-21,26,32H,1,10-16,19H2,2H3,(H,34,35). The molecule has 7 heteroatoms. The summed E-state index contributed by atoms with van der Waals surface area (Å²) in [6, 6.07) is 15.3. The molecule has 2 unspecified atom stereocenters. The fraction of sp³-hybridized carbons (Fsp3) is 0.429. The lowest BCUT2D eigenvalue weighted by Crippen LogP contribution is -2.53. The van der Waals surface area contributed by atoms with E-state index in [1.165, 1.54) is 0 Å². The van der Waals surface area contributed by atoms with Crippen LogP contribution in [0.4, 0.5) is 0 Å². The van der Waals surface area contributed by atoms with E-state index in [2.05, 4.69) is 23.3 Å². The van der Waals surface area contributed by atoms with Crippen molar-refractivity contribution in [2.45, 2.75) is 31.8 Å². The molecule has 2 aromatic rings. The van der Waals surface area contributed by atoms with Crippen molar-refractivity contribution in [3.8, 4) is 5.75 Å². The molecule has 2 fully saturated rings. The Labute approximate surface area is 207 Å². The van der Waals surface area contributed by atoms with Crippen LogP contribution in [0.5, 0.6) is 5.75 Å². The summed E-state index contributed by atoms with van der Waals surface area (Å²) in [5.41, 5.74) is 2.60. The van der Waals surface area contributed by atoms with Crippen LogP contribution in [0, 0.1) is 5.92 Å². The van der Waals surface area contributed by atoms with Crippen LogP contribution in [-0.2, 0) is 4.79 Å². The van der Waals surface area contributed by atoms with Crippen molar-refractivity contribution in [3.05, 3.63) is 77.9 Å². The number of carbonyl (C=O) groups is 2. The molecule has 2 atom stereocenters. The Balaban J connectivity index is 1.61. The minimum Gasteiger partial charge on any atom is -0.508 e. The van der Waals surface area contributed by atoms with Gasteiger partial charge in [0.1, 0.15) is 5.75 Å². The maximum atomic E-state index is 13.3. The molecule has 2 aliphatic rings. The zero-order chi connectivity index (χ0) is 24.9. The van der Waals surface area contributed by atoms with Crippen LogP contribution in [0.3, 0.4) is 0 Å². The third-order valence-electron chi connectivity index (χ3n) is 7.25. The zero-order valence-corrected chi connectivity index (χ0v) is 20.3. The number of aromatic hydroxyl groups is 1. The molecule has 35 heavy (non-hydrogen) atoms. The van der Waals surface area contributed by atoms with Crippen LogP contribution in [0.2, 0.25) is 0 Å². The molecule has 2 N–H and O–H groups in total. The Morgan fingerprint density at radius 3 is 2.37 bits per heavy atom. The Kier molecular flexibility index (Phi) is 7.88. The summed E-state index contributed by atoms with van der Waals surface area (Å²) < 4.78 is 0. The number of piperazine rings is 1. The number of hydrogen-bond donors (Lipinski definition) is 2. The van der Waals surface area contributed by atoms with E-state index in [0.29, 0.717) is 31.5 Å². The SMILES string of the molecule is C=CCN1CCN(C(c2cccc(O)c2)c2cccc(C(=O)N3CCC(C(=O)O)CC3)c2)C(C)C1. The van der Waals surface area contributed by atoms with E-state index >= 15 is 0 Å². The normalized spacial score (nSPS) is 20.9. The van der Waals surface area contributed by atoms with Gasteiger partial charge in [-0.05, 0) is 55.2 Å². The number of benzene rings is 2. The van der Waals surface area contributed by atoms with E-state index in [9.17, 15) is 19.8 Å². The number of carboxylic acids is 1. The second-order valence-corrected chi connectivity index (χ2v) is 9.66. The second-order valence-electron chi connectivity index (χ2n) is 9.66. The van der Waals surface area contributed by atoms with Gasteiger partial charge < -0.3 is 15.1 Å². The number of nitrogens with zero attached hydrogens (tertiary/aromatic N) is 3. The molecule has 7 nitrogen and oxygen atoms in total. The van der Waals surface area contributed by atoms with Gasteiger partial charge in [-0.15, -0.1) is 6.58 Å². The summed E-state index contributed by atoms with van der Waals surface area (Å²) in [5, 5.41) is 19.5. The number of amides is 1. The van der Waals surface area contributed by atoms with Gasteiger partial charge >= 0.3 is 5.97 Å². The third kappa shape index (κ3) is 5.74. The van der Waals surface area contributed by atoms with Crippen LogP contribution in [-0.4, -0.2) is 82.1 Å². The van der Waals surface area contributed by atoms with Gasteiger partial charge in [0.25, 0.3) is 5.91 Å². The highest BCUT2D eigenvalue weighted by atomic mass is 16.4. The summed E-state index contributed by atoms with van der Waals surface area (Å²) in [6.45, 7) is 10.5. The molecule has 1 amide bonds. The van der Waals surface area contributed by atoms with E-state index < -0.39 is 5.97 Å². The van der Waals surface area contributed by atoms with Crippen molar-refractivity contribution >= 4 is 11.9 Å². The van der Waals surface area contributed by atoms with Gasteiger partial charge in [-0.3, -0.25) is 19.4 Å². The molecule has 2 aliphatic heterocycles. The molecule has 0 aliphatic carbocycles. The van der Waals surface area contributed by atoms with Crippen LogP contribution < -0.4 is 0 Å². The molecule has 186 valence electrons. The van der Waals surface area contributed by atoms with Gasteiger partial charge in [0.15, 0.2) is 0 Å². The largest absolute Gasteiger partial charge is 0.508 e. The van der Waals surface area contributed by atoms with Crippen LogP contribution in [0.15, 0.2) is 61.2 Å². The number of aliphatic carboxylic acids is 1. The number of phenols is 1. The molecular weight excluding hydrogens is 442 g/mol. The predicted molar refractivity (Wildman–Crippen MR) is 135 cm³/mol. The fourth-order valence-corrected chi connectivity index (χ4v) is 5.40. The number of piperidine rings is 1. The van der Waals surface area contributed by atoms with Gasteiger partial charge in [-0.1, -0.05) is 30.3 Å². The van der Waals surface area contributed by atoms with Crippen molar-refractivity contribution in [3.63, 3.8) is 0 Å². The van der Waals surface area contributed by atoms with Crippen LogP contribution in [0.25, 0.3) is 0 Å². The van der Waals surface area contributed by atoms with E-state index in [0.717, 1.165) is 37.3 Å². The monoisotopic (exact) mass is 477 g/mol.